The molecule has 0 saturated heterocycles. The maximum Gasteiger partial charge on any atom is 0.285 e. The van der Waals surface area contributed by atoms with E-state index in [0.717, 1.165) is 25.8 Å². The molecule has 0 aromatic carbocycles. The Morgan fingerprint density at radius 3 is 1.61 bits per heavy atom. The van der Waals surface area contributed by atoms with E-state index in [9.17, 15) is 0 Å². The first kappa shape index (κ1) is 31.1. The molecule has 1 atom stereocenters. The van der Waals surface area contributed by atoms with Crippen LogP contribution >= 0.6 is 0 Å². The van der Waals surface area contributed by atoms with Gasteiger partial charge in [0.1, 0.15) is 8.24 Å². The van der Waals surface area contributed by atoms with Gasteiger partial charge in [0, 0.05) is 27.2 Å². The van der Waals surface area contributed by atoms with Gasteiger partial charge in [0.2, 0.25) is 0 Å². The smallest absolute Gasteiger partial charge is 0.285 e. The first-order valence-electron chi connectivity index (χ1n) is 13.0. The Kier molecular flexibility index (Phi) is 15.8. The van der Waals surface area contributed by atoms with Crippen molar-refractivity contribution in [3.8, 4) is 0 Å². The number of unbranched alkanes of at least 4 members (excludes halogenated alkanes) is 6. The topological polar surface area (TPSA) is 30.9 Å². The predicted molar refractivity (Wildman–Crippen MR) is 138 cm³/mol. The number of hydrogen-bond donors (Lipinski definition) is 0. The summed E-state index contributed by atoms with van der Waals surface area (Å²) in [5.74, 6) is -0.666. The maximum absolute atomic E-state index is 5.79. The average molecular weight is 460 g/mol. The van der Waals surface area contributed by atoms with Gasteiger partial charge in [-0.3, -0.25) is 0 Å². The normalized spacial score (nSPS) is 14.4. The minimum absolute atomic E-state index is 0.256. The molecule has 31 heavy (non-hydrogen) atoms. The zero-order valence-corrected chi connectivity index (χ0v) is 23.9. The molecular weight excluding hydrogens is 402 g/mol. The van der Waals surface area contributed by atoms with Crippen LogP contribution in [0.2, 0.25) is 18.1 Å². The highest BCUT2D eigenvalue weighted by Gasteiger charge is 2.42. The largest absolute Gasteiger partial charge is 0.331 e. The van der Waals surface area contributed by atoms with Crippen LogP contribution < -0.4 is 0 Å². The lowest BCUT2D eigenvalue weighted by atomic mass is 9.93. The summed E-state index contributed by atoms with van der Waals surface area (Å²) in [6.07, 6.45) is 13.7. The van der Waals surface area contributed by atoms with Crippen molar-refractivity contribution in [1.29, 1.82) is 0 Å². The molecule has 0 radical (unpaired) electrons. The van der Waals surface area contributed by atoms with Gasteiger partial charge in [0.15, 0.2) is 0 Å². The van der Waals surface area contributed by atoms with Crippen molar-refractivity contribution >= 4 is 8.24 Å². The molecule has 0 aliphatic rings. The molecule has 0 aliphatic carbocycles. The third-order valence-electron chi connectivity index (χ3n) is 7.65. The van der Waals surface area contributed by atoms with Crippen molar-refractivity contribution in [2.75, 3.05) is 34.4 Å². The van der Waals surface area contributed by atoms with Crippen LogP contribution in [0.15, 0.2) is 0 Å². The molecule has 0 aromatic rings. The first-order chi connectivity index (χ1) is 14.6. The third-order valence-corrected chi connectivity index (χ3v) is 13.3. The van der Waals surface area contributed by atoms with Crippen molar-refractivity contribution in [2.24, 2.45) is 5.92 Å². The van der Waals surface area contributed by atoms with Crippen molar-refractivity contribution < 1.29 is 14.2 Å². The molecule has 0 N–H and O–H groups in total. The van der Waals surface area contributed by atoms with Crippen LogP contribution in [0.4, 0.5) is 0 Å². The minimum Gasteiger partial charge on any atom is -0.331 e. The highest BCUT2D eigenvalue weighted by Crippen LogP contribution is 2.39. The fourth-order valence-corrected chi connectivity index (χ4v) is 6.82. The van der Waals surface area contributed by atoms with E-state index in [1.54, 1.807) is 21.3 Å². The molecule has 188 valence electrons. The van der Waals surface area contributed by atoms with Crippen LogP contribution in [0.3, 0.4) is 0 Å². The van der Waals surface area contributed by atoms with Gasteiger partial charge in [-0.25, -0.2) is 0 Å². The van der Waals surface area contributed by atoms with Crippen molar-refractivity contribution in [3.05, 3.63) is 0 Å². The van der Waals surface area contributed by atoms with Crippen LogP contribution in [0.5, 0.6) is 0 Å². The molecule has 0 fully saturated rings. The summed E-state index contributed by atoms with van der Waals surface area (Å²) < 4.78 is 20.2. The highest BCUT2D eigenvalue weighted by molar-refractivity contribution is 6.77. The molecule has 0 saturated carbocycles. The van der Waals surface area contributed by atoms with Crippen LogP contribution in [-0.2, 0) is 14.2 Å². The van der Waals surface area contributed by atoms with Gasteiger partial charge in [-0.1, -0.05) is 92.7 Å². The molecule has 0 aliphatic heterocycles. The van der Waals surface area contributed by atoms with E-state index in [0.29, 0.717) is 5.04 Å². The van der Waals surface area contributed by atoms with Gasteiger partial charge >= 0.3 is 0 Å². The second-order valence-electron chi connectivity index (χ2n) is 10.8. The number of methoxy groups -OCH3 is 3. The van der Waals surface area contributed by atoms with Crippen LogP contribution in [0.1, 0.15) is 105 Å². The van der Waals surface area contributed by atoms with E-state index < -0.39 is 14.2 Å². The van der Waals surface area contributed by atoms with E-state index in [-0.39, 0.29) is 5.92 Å². The van der Waals surface area contributed by atoms with E-state index in [1.165, 1.54) is 57.9 Å². The number of hydrogen-bond acceptors (Lipinski definition) is 4. The minimum atomic E-state index is -1.52. The standard InChI is InChI=1S/C26H57NO3Si/c1-11-13-15-16-17-18-20-24(26(28-6,29-7)30-8)21-19-23-27(22-14-12-2)31(9,10)25(3,4)5/h24H,11-23H2,1-10H3. The summed E-state index contributed by atoms with van der Waals surface area (Å²) in [4.78, 5) is 0. The Labute approximate surface area is 196 Å². The highest BCUT2D eigenvalue weighted by atomic mass is 28.3. The van der Waals surface area contributed by atoms with Crippen molar-refractivity contribution in [3.63, 3.8) is 0 Å². The van der Waals surface area contributed by atoms with Gasteiger partial charge < -0.3 is 18.8 Å². The maximum atomic E-state index is 5.79. The molecule has 5 heteroatoms. The van der Waals surface area contributed by atoms with Gasteiger partial charge in [-0.2, -0.15) is 0 Å². The molecule has 0 bridgehead atoms. The van der Waals surface area contributed by atoms with E-state index >= 15 is 0 Å². The fraction of sp³-hybridized carbons (Fsp3) is 1.00. The summed E-state index contributed by atoms with van der Waals surface area (Å²) in [5.41, 5.74) is 0. The Morgan fingerprint density at radius 2 is 1.13 bits per heavy atom. The van der Waals surface area contributed by atoms with E-state index in [2.05, 4.69) is 52.3 Å². The van der Waals surface area contributed by atoms with E-state index in [4.69, 9.17) is 14.2 Å². The second-order valence-corrected chi connectivity index (χ2v) is 16.0. The summed E-state index contributed by atoms with van der Waals surface area (Å²) in [7, 11) is 3.62. The summed E-state index contributed by atoms with van der Waals surface area (Å²) in [6, 6.07) is 0. The first-order valence-corrected chi connectivity index (χ1v) is 15.9. The fourth-order valence-electron chi connectivity index (χ4n) is 4.44. The molecule has 0 spiro atoms. The Bertz CT molecular complexity index is 425. The monoisotopic (exact) mass is 459 g/mol. The third kappa shape index (κ3) is 10.2. The van der Waals surface area contributed by atoms with Crippen molar-refractivity contribution in [2.45, 2.75) is 129 Å². The number of rotatable bonds is 19. The molecule has 1 unspecified atom stereocenters. The number of nitrogens with zero attached hydrogens (tertiary/aromatic N) is 1. The molecule has 0 heterocycles. The molecule has 0 amide bonds. The van der Waals surface area contributed by atoms with Gasteiger partial charge in [0.25, 0.3) is 5.97 Å². The average Bonchev–Trinajstić information content (AvgIpc) is 2.72. The lowest BCUT2D eigenvalue weighted by Gasteiger charge is -2.46. The zero-order chi connectivity index (χ0) is 24.0. The second kappa shape index (κ2) is 15.8. The summed E-state index contributed by atoms with van der Waals surface area (Å²) in [6.45, 7) is 19.3. The molecule has 4 nitrogen and oxygen atoms in total. The van der Waals surface area contributed by atoms with Gasteiger partial charge in [0.05, 0.1) is 0 Å². The van der Waals surface area contributed by atoms with Crippen LogP contribution in [0, 0.1) is 5.92 Å². The molecular formula is C26H57NO3Si. The van der Waals surface area contributed by atoms with Gasteiger partial charge in [-0.05, 0) is 43.8 Å². The summed E-state index contributed by atoms with van der Waals surface area (Å²) in [5, 5.41) is 0.369. The molecule has 0 aromatic heterocycles. The van der Waals surface area contributed by atoms with Crippen LogP contribution in [0.25, 0.3) is 0 Å². The molecule has 0 rings (SSSR count). The lowest BCUT2D eigenvalue weighted by molar-refractivity contribution is -0.380. The zero-order valence-electron chi connectivity index (χ0n) is 22.9. The van der Waals surface area contributed by atoms with Crippen molar-refractivity contribution in [1.82, 2.24) is 4.57 Å². The lowest BCUT2D eigenvalue weighted by Crippen LogP contribution is -2.55. The predicted octanol–water partition coefficient (Wildman–Crippen LogP) is 7.83. The van der Waals surface area contributed by atoms with Crippen LogP contribution in [-0.4, -0.2) is 53.2 Å². The summed E-state index contributed by atoms with van der Waals surface area (Å²) >= 11 is 0. The SMILES string of the molecule is CCCCCCCCC(CCCN(CCCC)[Si](C)(C)C(C)(C)C)C(OC)(OC)OC. The number of ether oxygens (including phenoxy) is 3. The Balaban J connectivity index is 5.10. The van der Waals surface area contributed by atoms with E-state index in [1.807, 2.05) is 0 Å². The quantitative estimate of drug-likeness (QED) is 0.112. The Morgan fingerprint density at radius 1 is 0.677 bits per heavy atom. The Hall–Kier alpha value is 0.0569. The van der Waals surface area contributed by atoms with Gasteiger partial charge in [-0.15, -0.1) is 0 Å².